The van der Waals surface area contributed by atoms with Gasteiger partial charge in [0, 0.05) is 32.8 Å². The van der Waals surface area contributed by atoms with Crippen LogP contribution in [0.5, 0.6) is 0 Å². The van der Waals surface area contributed by atoms with E-state index in [4.69, 9.17) is 4.74 Å². The third-order valence-corrected chi connectivity index (χ3v) is 3.17. The quantitative estimate of drug-likeness (QED) is 0.740. The Balaban J connectivity index is 1.96. The third kappa shape index (κ3) is 3.02. The molecule has 1 aliphatic heterocycles. The Morgan fingerprint density at radius 3 is 3.18 bits per heavy atom. The Morgan fingerprint density at radius 2 is 2.41 bits per heavy atom. The monoisotopic (exact) mass is 239 g/mol. The number of methoxy groups -OCH3 is 1. The number of nitrogens with zero attached hydrogens (tertiary/aromatic N) is 4. The zero-order valence-electron chi connectivity index (χ0n) is 10.6. The fourth-order valence-corrected chi connectivity index (χ4v) is 2.19. The summed E-state index contributed by atoms with van der Waals surface area (Å²) in [4.78, 5) is 2.41. The summed E-state index contributed by atoms with van der Waals surface area (Å²) in [5.41, 5.74) is 0. The summed E-state index contributed by atoms with van der Waals surface area (Å²) in [7, 11) is 1.76. The molecule has 96 valence electrons. The second kappa shape index (κ2) is 6.09. The summed E-state index contributed by atoms with van der Waals surface area (Å²) in [6.45, 7) is 7.68. The van der Waals surface area contributed by atoms with Crippen molar-refractivity contribution in [3.8, 4) is 0 Å². The van der Waals surface area contributed by atoms with Crippen LogP contribution in [0, 0.1) is 0 Å². The predicted molar refractivity (Wildman–Crippen MR) is 64.6 cm³/mol. The zero-order valence-corrected chi connectivity index (χ0v) is 10.6. The molecule has 0 amide bonds. The maximum atomic E-state index is 5.30. The molecule has 2 heterocycles. The second-order valence-corrected chi connectivity index (χ2v) is 4.33. The highest BCUT2D eigenvalue weighted by Gasteiger charge is 2.24. The van der Waals surface area contributed by atoms with Crippen molar-refractivity contribution in [1.29, 1.82) is 0 Å². The van der Waals surface area contributed by atoms with E-state index in [9.17, 15) is 0 Å². The van der Waals surface area contributed by atoms with E-state index in [0.29, 0.717) is 6.04 Å². The van der Waals surface area contributed by atoms with Crippen molar-refractivity contribution in [2.24, 2.45) is 0 Å². The van der Waals surface area contributed by atoms with E-state index in [1.165, 1.54) is 0 Å². The SMILES string of the molecule is CCNCC(COC)N1CCn2cnnc2C1. The summed E-state index contributed by atoms with van der Waals surface area (Å²) < 4.78 is 7.42. The molecule has 6 nitrogen and oxygen atoms in total. The lowest BCUT2D eigenvalue weighted by atomic mass is 10.2. The van der Waals surface area contributed by atoms with Gasteiger partial charge in [0.15, 0.2) is 0 Å². The molecule has 0 aromatic carbocycles. The highest BCUT2D eigenvalue weighted by atomic mass is 16.5. The molecule has 0 aliphatic carbocycles. The van der Waals surface area contributed by atoms with Crippen molar-refractivity contribution in [3.05, 3.63) is 12.2 Å². The number of likely N-dealkylation sites (N-methyl/N-ethyl adjacent to an activating group) is 1. The van der Waals surface area contributed by atoms with E-state index in [1.807, 2.05) is 6.33 Å². The van der Waals surface area contributed by atoms with E-state index in [-0.39, 0.29) is 0 Å². The van der Waals surface area contributed by atoms with Crippen LogP contribution in [0.2, 0.25) is 0 Å². The first-order valence-electron chi connectivity index (χ1n) is 6.15. The molecule has 0 saturated carbocycles. The van der Waals surface area contributed by atoms with Crippen molar-refractivity contribution in [2.45, 2.75) is 26.1 Å². The molecule has 1 unspecified atom stereocenters. The topological polar surface area (TPSA) is 55.2 Å². The second-order valence-electron chi connectivity index (χ2n) is 4.33. The molecule has 6 heteroatoms. The van der Waals surface area contributed by atoms with Gasteiger partial charge in [-0.1, -0.05) is 6.92 Å². The first kappa shape index (κ1) is 12.5. The Hall–Kier alpha value is -0.980. The highest BCUT2D eigenvalue weighted by Crippen LogP contribution is 2.12. The van der Waals surface area contributed by atoms with Gasteiger partial charge in [0.25, 0.3) is 0 Å². The first-order chi connectivity index (χ1) is 8.35. The van der Waals surface area contributed by atoms with Crippen LogP contribution in [0.25, 0.3) is 0 Å². The van der Waals surface area contributed by atoms with E-state index in [0.717, 1.165) is 45.2 Å². The van der Waals surface area contributed by atoms with Crippen molar-refractivity contribution in [2.75, 3.05) is 33.4 Å². The van der Waals surface area contributed by atoms with Gasteiger partial charge in [-0.15, -0.1) is 10.2 Å². The lowest BCUT2D eigenvalue weighted by Crippen LogP contribution is -2.48. The minimum Gasteiger partial charge on any atom is -0.383 e. The molecule has 17 heavy (non-hydrogen) atoms. The van der Waals surface area contributed by atoms with Crippen LogP contribution >= 0.6 is 0 Å². The molecule has 0 fully saturated rings. The largest absolute Gasteiger partial charge is 0.383 e. The summed E-state index contributed by atoms with van der Waals surface area (Å²) in [6, 6.07) is 0.408. The van der Waals surface area contributed by atoms with Crippen LogP contribution in [0.1, 0.15) is 12.7 Å². The van der Waals surface area contributed by atoms with Gasteiger partial charge in [0.2, 0.25) is 0 Å². The van der Waals surface area contributed by atoms with Crippen molar-refractivity contribution >= 4 is 0 Å². The number of rotatable bonds is 6. The average molecular weight is 239 g/mol. The van der Waals surface area contributed by atoms with Crippen LogP contribution in [0.3, 0.4) is 0 Å². The van der Waals surface area contributed by atoms with Gasteiger partial charge in [-0.05, 0) is 6.54 Å². The molecule has 2 rings (SSSR count). The van der Waals surface area contributed by atoms with Crippen LogP contribution < -0.4 is 5.32 Å². The lowest BCUT2D eigenvalue weighted by molar-refractivity contribution is 0.0708. The van der Waals surface area contributed by atoms with Gasteiger partial charge in [0.1, 0.15) is 12.2 Å². The first-order valence-corrected chi connectivity index (χ1v) is 6.15. The highest BCUT2D eigenvalue weighted by molar-refractivity contribution is 4.92. The zero-order chi connectivity index (χ0) is 12.1. The number of hydrogen-bond acceptors (Lipinski definition) is 5. The van der Waals surface area contributed by atoms with Gasteiger partial charge in [-0.3, -0.25) is 4.90 Å². The minimum absolute atomic E-state index is 0.408. The molecule has 0 saturated heterocycles. The normalized spacial score (nSPS) is 18.0. The molecule has 0 spiro atoms. The summed E-state index contributed by atoms with van der Waals surface area (Å²) >= 11 is 0. The van der Waals surface area contributed by atoms with E-state index < -0.39 is 0 Å². The van der Waals surface area contributed by atoms with Gasteiger partial charge >= 0.3 is 0 Å². The minimum atomic E-state index is 0.408. The van der Waals surface area contributed by atoms with E-state index in [2.05, 4.69) is 31.9 Å². The van der Waals surface area contributed by atoms with Crippen molar-refractivity contribution < 1.29 is 4.74 Å². The fourth-order valence-electron chi connectivity index (χ4n) is 2.19. The van der Waals surface area contributed by atoms with Gasteiger partial charge < -0.3 is 14.6 Å². The molecule has 1 atom stereocenters. The molecule has 0 bridgehead atoms. The average Bonchev–Trinajstić information content (AvgIpc) is 2.81. The van der Waals surface area contributed by atoms with Crippen LogP contribution in [0.4, 0.5) is 0 Å². The number of hydrogen-bond donors (Lipinski definition) is 1. The molecular weight excluding hydrogens is 218 g/mol. The van der Waals surface area contributed by atoms with Crippen molar-refractivity contribution in [1.82, 2.24) is 25.0 Å². The summed E-state index contributed by atoms with van der Waals surface area (Å²) in [6.07, 6.45) is 1.81. The Labute approximate surface area is 102 Å². The maximum Gasteiger partial charge on any atom is 0.147 e. The number of ether oxygens (including phenoxy) is 1. The third-order valence-electron chi connectivity index (χ3n) is 3.17. The van der Waals surface area contributed by atoms with Crippen molar-refractivity contribution in [3.63, 3.8) is 0 Å². The van der Waals surface area contributed by atoms with Gasteiger partial charge in [-0.2, -0.15) is 0 Å². The lowest BCUT2D eigenvalue weighted by Gasteiger charge is -2.34. The smallest absolute Gasteiger partial charge is 0.147 e. The molecule has 0 radical (unpaired) electrons. The standard InChI is InChI=1S/C11H21N5O/c1-3-12-6-10(8-17-2)15-4-5-16-9-13-14-11(16)7-15/h9-10,12H,3-8H2,1-2H3. The Bertz CT molecular complexity index is 340. The predicted octanol–water partition coefficient (Wildman–Crippen LogP) is -0.282. The number of aromatic nitrogens is 3. The summed E-state index contributed by atoms with van der Waals surface area (Å²) in [5, 5.41) is 11.5. The van der Waals surface area contributed by atoms with Crippen LogP contribution in [-0.4, -0.2) is 59.1 Å². The van der Waals surface area contributed by atoms with Gasteiger partial charge in [0.05, 0.1) is 13.2 Å². The van der Waals surface area contributed by atoms with Crippen LogP contribution in [-0.2, 0) is 17.8 Å². The molecule has 1 aromatic heterocycles. The number of fused-ring (bicyclic) bond motifs is 1. The molecule has 1 aromatic rings. The fraction of sp³-hybridized carbons (Fsp3) is 0.818. The number of nitrogens with one attached hydrogen (secondary N) is 1. The Morgan fingerprint density at radius 1 is 1.53 bits per heavy atom. The summed E-state index contributed by atoms with van der Waals surface area (Å²) in [5.74, 6) is 1.05. The van der Waals surface area contributed by atoms with Gasteiger partial charge in [-0.25, -0.2) is 0 Å². The van der Waals surface area contributed by atoms with E-state index in [1.54, 1.807) is 7.11 Å². The van der Waals surface area contributed by atoms with Crippen LogP contribution in [0.15, 0.2) is 6.33 Å². The maximum absolute atomic E-state index is 5.30. The molecule has 1 aliphatic rings. The Kier molecular flexibility index (Phi) is 4.47. The molecule has 1 N–H and O–H groups in total. The van der Waals surface area contributed by atoms with E-state index >= 15 is 0 Å². The molecular formula is C11H21N5O.